The lowest BCUT2D eigenvalue weighted by Crippen LogP contribution is -2.54. The second-order valence-electron chi connectivity index (χ2n) is 8.41. The molecule has 0 saturated carbocycles. The fraction of sp³-hybridized carbons (Fsp3) is 0.222. The zero-order chi connectivity index (χ0) is 23.5. The number of imide groups is 2. The van der Waals surface area contributed by atoms with Gasteiger partial charge in [0, 0.05) is 18.4 Å². The molecule has 168 valence electrons. The minimum absolute atomic E-state index is 0.0789. The first-order valence-corrected chi connectivity index (χ1v) is 11.1. The van der Waals surface area contributed by atoms with E-state index in [1.54, 1.807) is 18.2 Å². The predicted octanol–water partition coefficient (Wildman–Crippen LogP) is 5.02. The number of amides is 4. The number of anilines is 1. The van der Waals surface area contributed by atoms with Crippen molar-refractivity contribution in [2.75, 3.05) is 4.90 Å². The van der Waals surface area contributed by atoms with Crippen LogP contribution in [0.25, 0.3) is 6.08 Å². The van der Waals surface area contributed by atoms with Gasteiger partial charge in [0.15, 0.2) is 0 Å². The highest BCUT2D eigenvalue weighted by atomic mass is 16.2. The number of carbonyl (C=O) groups excluding carboxylic acids is 3. The molecule has 1 saturated heterocycles. The second-order valence-corrected chi connectivity index (χ2v) is 8.41. The molecular formula is C27H27N3O3. The highest BCUT2D eigenvalue weighted by molar-refractivity contribution is 6.39. The topological polar surface area (TPSA) is 71.4 Å². The minimum Gasteiger partial charge on any atom is -0.344 e. The zero-order valence-corrected chi connectivity index (χ0v) is 19.0. The molecule has 2 aromatic carbocycles. The van der Waals surface area contributed by atoms with E-state index < -0.39 is 17.8 Å². The maximum absolute atomic E-state index is 13.2. The third-order valence-electron chi connectivity index (χ3n) is 6.03. The van der Waals surface area contributed by atoms with Crippen molar-refractivity contribution in [2.45, 2.75) is 39.7 Å². The molecule has 1 aliphatic rings. The van der Waals surface area contributed by atoms with Crippen LogP contribution in [0.2, 0.25) is 0 Å². The van der Waals surface area contributed by atoms with Crippen molar-refractivity contribution in [3.8, 4) is 0 Å². The van der Waals surface area contributed by atoms with Gasteiger partial charge in [-0.25, -0.2) is 9.69 Å². The van der Waals surface area contributed by atoms with Crippen LogP contribution in [0.3, 0.4) is 0 Å². The summed E-state index contributed by atoms with van der Waals surface area (Å²) in [5.74, 6) is -0.952. The van der Waals surface area contributed by atoms with Crippen molar-refractivity contribution < 1.29 is 14.4 Å². The Kier molecular flexibility index (Phi) is 6.27. The van der Waals surface area contributed by atoms with Crippen molar-refractivity contribution in [3.63, 3.8) is 0 Å². The Morgan fingerprint density at radius 1 is 1.00 bits per heavy atom. The van der Waals surface area contributed by atoms with E-state index in [1.807, 2.05) is 60.2 Å². The molecule has 1 aromatic heterocycles. The average molecular weight is 442 g/mol. The summed E-state index contributed by atoms with van der Waals surface area (Å²) in [6, 6.07) is 18.4. The van der Waals surface area contributed by atoms with Gasteiger partial charge in [0.1, 0.15) is 5.57 Å². The number of aryl methyl sites for hydroxylation is 1. The molecule has 6 nitrogen and oxygen atoms in total. The molecule has 1 N–H and O–H groups in total. The van der Waals surface area contributed by atoms with Gasteiger partial charge in [-0.1, -0.05) is 55.8 Å². The highest BCUT2D eigenvalue weighted by Gasteiger charge is 2.37. The van der Waals surface area contributed by atoms with Crippen molar-refractivity contribution in [1.82, 2.24) is 9.88 Å². The van der Waals surface area contributed by atoms with Crippen LogP contribution < -0.4 is 10.2 Å². The van der Waals surface area contributed by atoms with Crippen LogP contribution in [-0.4, -0.2) is 22.4 Å². The van der Waals surface area contributed by atoms with E-state index in [0.717, 1.165) is 28.0 Å². The molecule has 0 aliphatic carbocycles. The maximum atomic E-state index is 13.2. The van der Waals surface area contributed by atoms with E-state index in [-0.39, 0.29) is 5.57 Å². The molecule has 1 atom stereocenters. The van der Waals surface area contributed by atoms with Gasteiger partial charge in [-0.3, -0.25) is 14.9 Å². The van der Waals surface area contributed by atoms with Crippen molar-refractivity contribution in [3.05, 3.63) is 94.8 Å². The number of carbonyl (C=O) groups is 3. The number of nitrogens with zero attached hydrogens (tertiary/aromatic N) is 2. The van der Waals surface area contributed by atoms with Gasteiger partial charge >= 0.3 is 6.03 Å². The lowest BCUT2D eigenvalue weighted by molar-refractivity contribution is -0.122. The third kappa shape index (κ3) is 4.65. The first-order chi connectivity index (χ1) is 15.9. The quantitative estimate of drug-likeness (QED) is 0.431. The molecule has 1 fully saturated rings. The summed E-state index contributed by atoms with van der Waals surface area (Å²) >= 11 is 0. The van der Waals surface area contributed by atoms with Crippen molar-refractivity contribution in [1.29, 1.82) is 0 Å². The Morgan fingerprint density at radius 3 is 2.45 bits per heavy atom. The highest BCUT2D eigenvalue weighted by Crippen LogP contribution is 2.26. The standard InChI is InChI=1S/C27H27N3O3/c1-4-19(3)21-10-12-22(13-11-21)30-26(32)24(25(31)28-27(30)33)16-23-9-6-14-29(23)17-20-8-5-7-18(2)15-20/h5-16,19H,4,17H2,1-3H3,(H,28,31,33)/b24-16-/t19-/m1/s1. The Labute approximate surface area is 193 Å². The van der Waals surface area contributed by atoms with E-state index in [9.17, 15) is 14.4 Å². The first-order valence-electron chi connectivity index (χ1n) is 11.1. The molecular weight excluding hydrogens is 414 g/mol. The number of hydrogen-bond acceptors (Lipinski definition) is 3. The normalized spacial score (nSPS) is 16.3. The van der Waals surface area contributed by atoms with E-state index in [4.69, 9.17) is 0 Å². The fourth-order valence-corrected chi connectivity index (χ4v) is 3.94. The molecule has 4 rings (SSSR count). The summed E-state index contributed by atoms with van der Waals surface area (Å²) < 4.78 is 1.96. The summed E-state index contributed by atoms with van der Waals surface area (Å²) in [6.45, 7) is 6.87. The van der Waals surface area contributed by atoms with Crippen LogP contribution in [0.5, 0.6) is 0 Å². The Balaban J connectivity index is 1.63. The van der Waals surface area contributed by atoms with E-state index in [2.05, 4.69) is 25.2 Å². The molecule has 0 unspecified atom stereocenters. The monoisotopic (exact) mass is 441 g/mol. The molecule has 4 amide bonds. The average Bonchev–Trinajstić information content (AvgIpc) is 3.23. The van der Waals surface area contributed by atoms with Crippen LogP contribution in [-0.2, 0) is 16.1 Å². The van der Waals surface area contributed by atoms with Crippen LogP contribution >= 0.6 is 0 Å². The zero-order valence-electron chi connectivity index (χ0n) is 19.0. The van der Waals surface area contributed by atoms with E-state index in [0.29, 0.717) is 23.8 Å². The van der Waals surface area contributed by atoms with Crippen molar-refractivity contribution in [2.24, 2.45) is 0 Å². The van der Waals surface area contributed by atoms with Crippen LogP contribution in [0.4, 0.5) is 10.5 Å². The molecule has 0 bridgehead atoms. The molecule has 1 aliphatic heterocycles. The molecule has 0 radical (unpaired) electrons. The van der Waals surface area contributed by atoms with Gasteiger partial charge in [-0.2, -0.15) is 0 Å². The molecule has 33 heavy (non-hydrogen) atoms. The number of nitrogens with one attached hydrogen (secondary N) is 1. The second kappa shape index (κ2) is 9.28. The van der Waals surface area contributed by atoms with Gasteiger partial charge in [-0.05, 0) is 60.7 Å². The Morgan fingerprint density at radius 2 is 1.76 bits per heavy atom. The summed E-state index contributed by atoms with van der Waals surface area (Å²) in [7, 11) is 0. The smallest absolute Gasteiger partial charge is 0.335 e. The fourth-order valence-electron chi connectivity index (χ4n) is 3.94. The largest absolute Gasteiger partial charge is 0.344 e. The van der Waals surface area contributed by atoms with E-state index in [1.165, 1.54) is 0 Å². The van der Waals surface area contributed by atoms with Gasteiger partial charge in [0.2, 0.25) is 0 Å². The van der Waals surface area contributed by atoms with Crippen LogP contribution in [0, 0.1) is 6.92 Å². The number of aromatic nitrogens is 1. The number of hydrogen-bond donors (Lipinski definition) is 1. The summed E-state index contributed by atoms with van der Waals surface area (Å²) in [5.41, 5.74) is 4.46. The molecule has 0 spiro atoms. The summed E-state index contributed by atoms with van der Waals surface area (Å²) in [4.78, 5) is 39.3. The van der Waals surface area contributed by atoms with Gasteiger partial charge < -0.3 is 4.57 Å². The number of barbiturate groups is 1. The number of benzene rings is 2. The summed E-state index contributed by atoms with van der Waals surface area (Å²) in [6.07, 6.45) is 4.43. The van der Waals surface area contributed by atoms with Gasteiger partial charge in [0.05, 0.1) is 5.69 Å². The molecule has 3 aromatic rings. The van der Waals surface area contributed by atoms with Gasteiger partial charge in [0.25, 0.3) is 11.8 Å². The minimum atomic E-state index is -0.742. The lowest BCUT2D eigenvalue weighted by atomic mass is 9.98. The first kappa shape index (κ1) is 22.3. The molecule has 2 heterocycles. The number of rotatable bonds is 6. The van der Waals surface area contributed by atoms with E-state index >= 15 is 0 Å². The predicted molar refractivity (Wildman–Crippen MR) is 129 cm³/mol. The summed E-state index contributed by atoms with van der Waals surface area (Å²) in [5, 5.41) is 2.30. The SMILES string of the molecule is CC[C@@H](C)c1ccc(N2C(=O)NC(=O)/C(=C/c3cccn3Cc3cccc(C)c3)C2=O)cc1. The molecule has 6 heteroatoms. The lowest BCUT2D eigenvalue weighted by Gasteiger charge is -2.26. The van der Waals surface area contributed by atoms with Crippen LogP contribution in [0.15, 0.2) is 72.4 Å². The Bertz CT molecular complexity index is 1240. The van der Waals surface area contributed by atoms with Crippen LogP contribution in [0.1, 0.15) is 48.6 Å². The maximum Gasteiger partial charge on any atom is 0.335 e. The number of urea groups is 1. The Hall–Kier alpha value is -3.93. The third-order valence-corrected chi connectivity index (χ3v) is 6.03. The van der Waals surface area contributed by atoms with Crippen molar-refractivity contribution >= 4 is 29.6 Å². The van der Waals surface area contributed by atoms with Gasteiger partial charge in [-0.15, -0.1) is 0 Å².